The maximum Gasteiger partial charge on any atom is 0.197 e. The molecular weight excluding hydrogens is 234 g/mol. The zero-order chi connectivity index (χ0) is 11.8. The van der Waals surface area contributed by atoms with Gasteiger partial charge in [0.25, 0.3) is 0 Å². The lowest BCUT2D eigenvalue weighted by Gasteiger charge is -1.99. The average molecular weight is 248 g/mol. The molecule has 1 aromatic carbocycles. The first kappa shape index (κ1) is 10.8. The van der Waals surface area contributed by atoms with E-state index in [1.807, 2.05) is 0 Å². The molecule has 0 amide bonds. The van der Waals surface area contributed by atoms with E-state index in [2.05, 4.69) is 36.2 Å². The lowest BCUT2D eigenvalue weighted by molar-refractivity contribution is 0.494. The third-order valence-electron chi connectivity index (χ3n) is 3.32. The fourth-order valence-electron chi connectivity index (χ4n) is 2.20. The van der Waals surface area contributed by atoms with E-state index in [1.165, 1.54) is 11.1 Å². The Labute approximate surface area is 106 Å². The number of aryl methyl sites for hydroxylation is 1. The number of hydrogen-bond donors (Lipinski definition) is 0. The lowest BCUT2D eigenvalue weighted by atomic mass is 10.1. The molecule has 0 bridgehead atoms. The van der Waals surface area contributed by atoms with Crippen LogP contribution in [0.5, 0.6) is 0 Å². The fourth-order valence-corrected chi connectivity index (χ4v) is 2.33. The summed E-state index contributed by atoms with van der Waals surface area (Å²) in [6.45, 7) is 2.11. The summed E-state index contributed by atoms with van der Waals surface area (Å²) in [5, 5.41) is 0. The Morgan fingerprint density at radius 3 is 2.71 bits per heavy atom. The van der Waals surface area contributed by atoms with Crippen LogP contribution in [-0.4, -0.2) is 4.98 Å². The second-order valence-electron chi connectivity index (χ2n) is 4.67. The highest BCUT2D eigenvalue weighted by Crippen LogP contribution is 2.54. The number of oxazole rings is 1. The van der Waals surface area contributed by atoms with Gasteiger partial charge in [-0.3, -0.25) is 0 Å². The van der Waals surface area contributed by atoms with Crippen molar-refractivity contribution >= 4 is 11.6 Å². The molecule has 88 valence electrons. The third-order valence-corrected chi connectivity index (χ3v) is 3.59. The molecule has 2 atom stereocenters. The molecule has 2 unspecified atom stereocenters. The number of halogens is 1. The number of rotatable bonds is 3. The highest BCUT2D eigenvalue weighted by atomic mass is 35.5. The second-order valence-corrected chi connectivity index (χ2v) is 4.94. The predicted molar refractivity (Wildman–Crippen MR) is 67.3 cm³/mol. The predicted octanol–water partition coefficient (Wildman–Crippen LogP) is 3.99. The van der Waals surface area contributed by atoms with Crippen LogP contribution in [0.4, 0.5) is 0 Å². The third kappa shape index (κ3) is 2.09. The maximum absolute atomic E-state index is 5.71. The van der Waals surface area contributed by atoms with Gasteiger partial charge >= 0.3 is 0 Å². The van der Waals surface area contributed by atoms with Crippen molar-refractivity contribution in [1.82, 2.24) is 4.98 Å². The summed E-state index contributed by atoms with van der Waals surface area (Å²) >= 11 is 5.71. The van der Waals surface area contributed by atoms with Gasteiger partial charge < -0.3 is 4.42 Å². The van der Waals surface area contributed by atoms with Crippen LogP contribution < -0.4 is 0 Å². The molecule has 1 aliphatic carbocycles. The largest absolute Gasteiger partial charge is 0.448 e. The molecule has 1 fully saturated rings. The molecule has 0 N–H and O–H groups in total. The molecule has 2 aromatic rings. The summed E-state index contributed by atoms with van der Waals surface area (Å²) < 4.78 is 5.46. The monoisotopic (exact) mass is 247 g/mol. The zero-order valence-electron chi connectivity index (χ0n) is 9.69. The van der Waals surface area contributed by atoms with E-state index in [0.717, 1.165) is 18.0 Å². The van der Waals surface area contributed by atoms with Gasteiger partial charge in [-0.25, -0.2) is 4.98 Å². The highest BCUT2D eigenvalue weighted by molar-refractivity contribution is 6.16. The van der Waals surface area contributed by atoms with Crippen molar-refractivity contribution < 1.29 is 4.42 Å². The molecule has 17 heavy (non-hydrogen) atoms. The second kappa shape index (κ2) is 4.19. The summed E-state index contributed by atoms with van der Waals surface area (Å²) in [6, 6.07) is 8.71. The van der Waals surface area contributed by atoms with Gasteiger partial charge in [-0.05, 0) is 24.8 Å². The first-order valence-corrected chi connectivity index (χ1v) is 6.38. The van der Waals surface area contributed by atoms with Crippen LogP contribution in [0.15, 0.2) is 34.9 Å². The van der Waals surface area contributed by atoms with E-state index in [4.69, 9.17) is 16.0 Å². The Morgan fingerprint density at radius 2 is 2.06 bits per heavy atom. The van der Waals surface area contributed by atoms with Crippen LogP contribution in [0, 0.1) is 6.92 Å². The van der Waals surface area contributed by atoms with Gasteiger partial charge in [0, 0.05) is 5.92 Å². The van der Waals surface area contributed by atoms with Crippen molar-refractivity contribution in [1.29, 1.82) is 0 Å². The molecule has 1 saturated carbocycles. The minimum atomic E-state index is 0.422. The SMILES string of the molecule is Cc1ccc(C2CC2c2nc(CCl)co2)cc1. The van der Waals surface area contributed by atoms with Gasteiger partial charge in [0.15, 0.2) is 5.89 Å². The van der Waals surface area contributed by atoms with E-state index in [0.29, 0.717) is 17.7 Å². The molecule has 0 saturated heterocycles. The van der Waals surface area contributed by atoms with Crippen LogP contribution in [0.25, 0.3) is 0 Å². The van der Waals surface area contributed by atoms with Crippen molar-refractivity contribution in [2.45, 2.75) is 31.1 Å². The van der Waals surface area contributed by atoms with Crippen LogP contribution in [0.2, 0.25) is 0 Å². The molecule has 0 spiro atoms. The number of hydrogen-bond acceptors (Lipinski definition) is 2. The van der Waals surface area contributed by atoms with E-state index in [1.54, 1.807) is 6.26 Å². The first-order chi connectivity index (χ1) is 8.28. The van der Waals surface area contributed by atoms with Crippen LogP contribution in [-0.2, 0) is 5.88 Å². The summed E-state index contributed by atoms with van der Waals surface area (Å²) in [5.41, 5.74) is 3.51. The Hall–Kier alpha value is -1.28. The van der Waals surface area contributed by atoms with Gasteiger partial charge in [-0.15, -0.1) is 11.6 Å². The summed E-state index contributed by atoms with van der Waals surface area (Å²) in [6.07, 6.45) is 2.79. The molecule has 3 heteroatoms. The highest BCUT2D eigenvalue weighted by Gasteiger charge is 2.42. The van der Waals surface area contributed by atoms with Crippen LogP contribution >= 0.6 is 11.6 Å². The zero-order valence-corrected chi connectivity index (χ0v) is 10.4. The quantitative estimate of drug-likeness (QED) is 0.767. The summed E-state index contributed by atoms with van der Waals surface area (Å²) in [7, 11) is 0. The minimum Gasteiger partial charge on any atom is -0.448 e. The molecule has 1 heterocycles. The topological polar surface area (TPSA) is 26.0 Å². The van der Waals surface area contributed by atoms with Gasteiger partial charge in [0.1, 0.15) is 6.26 Å². The Kier molecular flexibility index (Phi) is 2.67. The van der Waals surface area contributed by atoms with Crippen molar-refractivity contribution in [3.8, 4) is 0 Å². The Bertz CT molecular complexity index is 517. The summed E-state index contributed by atoms with van der Waals surface area (Å²) in [5.74, 6) is 2.27. The normalized spacial score (nSPS) is 22.7. The minimum absolute atomic E-state index is 0.422. The van der Waals surface area contributed by atoms with E-state index >= 15 is 0 Å². The van der Waals surface area contributed by atoms with Crippen molar-refractivity contribution in [2.75, 3.05) is 0 Å². The molecule has 3 rings (SSSR count). The summed E-state index contributed by atoms with van der Waals surface area (Å²) in [4.78, 5) is 4.39. The van der Waals surface area contributed by atoms with Gasteiger partial charge in [0.2, 0.25) is 0 Å². The molecule has 1 aliphatic rings. The maximum atomic E-state index is 5.71. The molecule has 0 radical (unpaired) electrons. The van der Waals surface area contributed by atoms with Gasteiger partial charge in [-0.2, -0.15) is 0 Å². The van der Waals surface area contributed by atoms with Crippen molar-refractivity contribution in [3.05, 3.63) is 53.2 Å². The Balaban J connectivity index is 1.75. The average Bonchev–Trinajstić information content (AvgIpc) is 3.00. The smallest absolute Gasteiger partial charge is 0.197 e. The molecule has 0 aliphatic heterocycles. The fraction of sp³-hybridized carbons (Fsp3) is 0.357. The number of aromatic nitrogens is 1. The van der Waals surface area contributed by atoms with Crippen LogP contribution in [0.3, 0.4) is 0 Å². The van der Waals surface area contributed by atoms with E-state index in [9.17, 15) is 0 Å². The Morgan fingerprint density at radius 1 is 1.29 bits per heavy atom. The number of nitrogens with zero attached hydrogens (tertiary/aromatic N) is 1. The van der Waals surface area contributed by atoms with Crippen LogP contribution in [0.1, 0.15) is 41.0 Å². The van der Waals surface area contributed by atoms with Crippen molar-refractivity contribution in [2.24, 2.45) is 0 Å². The van der Waals surface area contributed by atoms with Crippen molar-refractivity contribution in [3.63, 3.8) is 0 Å². The molecule has 2 nitrogen and oxygen atoms in total. The number of benzene rings is 1. The van der Waals surface area contributed by atoms with E-state index < -0.39 is 0 Å². The number of alkyl halides is 1. The van der Waals surface area contributed by atoms with E-state index in [-0.39, 0.29) is 0 Å². The standard InChI is InChI=1S/C14H14ClNO/c1-9-2-4-10(5-3-9)12-6-13(12)14-16-11(7-15)8-17-14/h2-5,8,12-13H,6-7H2,1H3. The molecule has 1 aromatic heterocycles. The van der Waals surface area contributed by atoms with Gasteiger partial charge in [0.05, 0.1) is 11.6 Å². The van der Waals surface area contributed by atoms with Gasteiger partial charge in [-0.1, -0.05) is 29.8 Å². The lowest BCUT2D eigenvalue weighted by Crippen LogP contribution is -1.86. The first-order valence-electron chi connectivity index (χ1n) is 5.85. The molecular formula is C14H14ClNO.